The van der Waals surface area contributed by atoms with E-state index in [1.54, 1.807) is 18.2 Å². The first kappa shape index (κ1) is 17.1. The summed E-state index contributed by atoms with van der Waals surface area (Å²) in [6, 6.07) is 9.03. The molecule has 3 heterocycles. The molecular weight excluding hydrogens is 352 g/mol. The van der Waals surface area contributed by atoms with Crippen LogP contribution in [0.3, 0.4) is 0 Å². The van der Waals surface area contributed by atoms with E-state index in [2.05, 4.69) is 10.2 Å². The van der Waals surface area contributed by atoms with Crippen LogP contribution in [0.1, 0.15) is 25.3 Å². The molecule has 0 bridgehead atoms. The van der Waals surface area contributed by atoms with Crippen molar-refractivity contribution in [1.29, 1.82) is 0 Å². The van der Waals surface area contributed by atoms with Gasteiger partial charge in [0.15, 0.2) is 30.5 Å². The van der Waals surface area contributed by atoms with E-state index in [-0.39, 0.29) is 30.6 Å². The third-order valence-electron chi connectivity index (χ3n) is 3.96. The molecule has 0 unspecified atom stereocenters. The topological polar surface area (TPSA) is 96.8 Å². The lowest BCUT2D eigenvalue weighted by Crippen LogP contribution is -2.24. The summed E-state index contributed by atoms with van der Waals surface area (Å²) in [6.45, 7) is 3.62. The summed E-state index contributed by atoms with van der Waals surface area (Å²) in [7, 11) is 0. The molecule has 0 radical (unpaired) electrons. The summed E-state index contributed by atoms with van der Waals surface area (Å²) in [5, 5.41) is 7.64. The van der Waals surface area contributed by atoms with Gasteiger partial charge in [-0.1, -0.05) is 12.1 Å². The monoisotopic (exact) mass is 370 g/mol. The maximum atomic E-state index is 12.0. The molecule has 1 aliphatic heterocycles. The second kappa shape index (κ2) is 6.79. The van der Waals surface area contributed by atoms with Gasteiger partial charge in [0, 0.05) is 12.0 Å². The van der Waals surface area contributed by atoms with E-state index in [9.17, 15) is 4.79 Å². The zero-order chi connectivity index (χ0) is 18.9. The van der Waals surface area contributed by atoms with Crippen molar-refractivity contribution in [1.82, 2.24) is 10.2 Å². The van der Waals surface area contributed by atoms with Crippen molar-refractivity contribution >= 4 is 5.97 Å². The predicted octanol–water partition coefficient (Wildman–Crippen LogP) is 3.17. The number of hydrogen-bond acceptors (Lipinski definition) is 8. The summed E-state index contributed by atoms with van der Waals surface area (Å²) in [6.07, 6.45) is 2.29. The molecule has 8 heteroatoms. The molecule has 0 saturated heterocycles. The van der Waals surface area contributed by atoms with Crippen LogP contribution in [0.15, 0.2) is 45.4 Å². The van der Waals surface area contributed by atoms with Gasteiger partial charge >= 0.3 is 5.97 Å². The average molecular weight is 370 g/mol. The third kappa shape index (κ3) is 3.79. The Hall–Kier alpha value is -3.29. The van der Waals surface area contributed by atoms with E-state index >= 15 is 0 Å². The van der Waals surface area contributed by atoms with E-state index < -0.39 is 5.97 Å². The van der Waals surface area contributed by atoms with Crippen molar-refractivity contribution in [2.24, 2.45) is 0 Å². The molecule has 0 N–H and O–H groups in total. The van der Waals surface area contributed by atoms with Crippen LogP contribution in [-0.4, -0.2) is 28.4 Å². The molecule has 4 rings (SSSR count). The van der Waals surface area contributed by atoms with E-state index in [4.69, 9.17) is 23.0 Å². The van der Waals surface area contributed by atoms with Crippen molar-refractivity contribution in [2.75, 3.05) is 6.61 Å². The highest BCUT2D eigenvalue weighted by Gasteiger charge is 2.32. The Morgan fingerprint density at radius 2 is 2.11 bits per heavy atom. The van der Waals surface area contributed by atoms with E-state index in [1.807, 2.05) is 26.0 Å². The number of para-hydroxylation sites is 1. The first-order valence-electron chi connectivity index (χ1n) is 8.46. The maximum Gasteiger partial charge on any atom is 0.344 e. The summed E-state index contributed by atoms with van der Waals surface area (Å²) in [5.41, 5.74) is 0.772. The molecule has 1 aromatic carbocycles. The first-order valence-corrected chi connectivity index (χ1v) is 8.46. The van der Waals surface area contributed by atoms with Crippen molar-refractivity contribution in [3.63, 3.8) is 0 Å². The van der Waals surface area contributed by atoms with Crippen LogP contribution in [-0.2, 0) is 22.6 Å². The van der Waals surface area contributed by atoms with Gasteiger partial charge in [-0.05, 0) is 32.0 Å². The molecule has 1 aliphatic rings. The normalized spacial score (nSPS) is 14.4. The fourth-order valence-corrected chi connectivity index (χ4v) is 2.83. The summed E-state index contributed by atoms with van der Waals surface area (Å²) in [4.78, 5) is 12.0. The zero-order valence-electron chi connectivity index (χ0n) is 14.9. The van der Waals surface area contributed by atoms with Gasteiger partial charge in [-0.3, -0.25) is 0 Å². The number of benzene rings is 1. The number of ether oxygens (including phenoxy) is 3. The molecule has 27 heavy (non-hydrogen) atoms. The van der Waals surface area contributed by atoms with Crippen LogP contribution in [0.25, 0.3) is 11.7 Å². The number of carbonyl (C=O) groups is 1. The van der Waals surface area contributed by atoms with Gasteiger partial charge in [0.2, 0.25) is 0 Å². The SMILES string of the molecule is CC1(C)Cc2cccc(OCC(=O)OCc3nnc(-c4ccco4)o3)c2O1. The van der Waals surface area contributed by atoms with Crippen LogP contribution >= 0.6 is 0 Å². The van der Waals surface area contributed by atoms with E-state index in [1.165, 1.54) is 6.26 Å². The van der Waals surface area contributed by atoms with Crippen LogP contribution in [0.2, 0.25) is 0 Å². The number of furan rings is 1. The Morgan fingerprint density at radius 1 is 1.22 bits per heavy atom. The van der Waals surface area contributed by atoms with Crippen LogP contribution < -0.4 is 9.47 Å². The molecule has 2 aromatic heterocycles. The molecule has 0 saturated carbocycles. The average Bonchev–Trinajstić information content (AvgIpc) is 3.35. The number of fused-ring (bicyclic) bond motifs is 1. The first-order chi connectivity index (χ1) is 13.0. The van der Waals surface area contributed by atoms with E-state index in [0.717, 1.165) is 12.0 Å². The molecule has 0 spiro atoms. The lowest BCUT2D eigenvalue weighted by Gasteiger charge is -2.18. The van der Waals surface area contributed by atoms with Crippen molar-refractivity contribution < 1.29 is 27.8 Å². The van der Waals surface area contributed by atoms with Crippen molar-refractivity contribution in [3.8, 4) is 23.1 Å². The fraction of sp³-hybridized carbons (Fsp3) is 0.316. The van der Waals surface area contributed by atoms with Gasteiger partial charge in [0.05, 0.1) is 6.26 Å². The van der Waals surface area contributed by atoms with Gasteiger partial charge < -0.3 is 23.0 Å². The number of rotatable bonds is 6. The number of esters is 1. The lowest BCUT2D eigenvalue weighted by atomic mass is 10.0. The number of aromatic nitrogens is 2. The summed E-state index contributed by atoms with van der Waals surface area (Å²) in [5.74, 6) is 1.48. The molecule has 0 fully saturated rings. The van der Waals surface area contributed by atoms with Crippen molar-refractivity contribution in [3.05, 3.63) is 48.0 Å². The minimum atomic E-state index is -0.553. The second-order valence-corrected chi connectivity index (χ2v) is 6.71. The molecular formula is C19H18N2O6. The Labute approximate surface area is 155 Å². The van der Waals surface area contributed by atoms with Crippen LogP contribution in [0, 0.1) is 0 Å². The minimum Gasteiger partial charge on any atom is -0.483 e. The minimum absolute atomic E-state index is 0.146. The summed E-state index contributed by atoms with van der Waals surface area (Å²) >= 11 is 0. The van der Waals surface area contributed by atoms with Gasteiger partial charge in [-0.15, -0.1) is 10.2 Å². The molecule has 0 aliphatic carbocycles. The van der Waals surface area contributed by atoms with Gasteiger partial charge in [-0.2, -0.15) is 0 Å². The second-order valence-electron chi connectivity index (χ2n) is 6.71. The maximum absolute atomic E-state index is 12.0. The van der Waals surface area contributed by atoms with Crippen LogP contribution in [0.4, 0.5) is 0 Å². The Morgan fingerprint density at radius 3 is 2.93 bits per heavy atom. The highest BCUT2D eigenvalue weighted by atomic mass is 16.6. The van der Waals surface area contributed by atoms with E-state index in [0.29, 0.717) is 17.3 Å². The zero-order valence-corrected chi connectivity index (χ0v) is 14.9. The smallest absolute Gasteiger partial charge is 0.344 e. The molecule has 0 amide bonds. The number of nitrogens with zero attached hydrogens (tertiary/aromatic N) is 2. The highest BCUT2D eigenvalue weighted by molar-refractivity contribution is 5.71. The molecule has 0 atom stereocenters. The number of carbonyl (C=O) groups excluding carboxylic acids is 1. The Bertz CT molecular complexity index is 945. The highest BCUT2D eigenvalue weighted by Crippen LogP contribution is 2.41. The van der Waals surface area contributed by atoms with Crippen LogP contribution in [0.5, 0.6) is 11.5 Å². The van der Waals surface area contributed by atoms with Gasteiger partial charge in [0.25, 0.3) is 11.8 Å². The molecule has 8 nitrogen and oxygen atoms in total. The largest absolute Gasteiger partial charge is 0.483 e. The molecule has 3 aromatic rings. The Kier molecular flexibility index (Phi) is 4.31. The number of hydrogen-bond donors (Lipinski definition) is 0. The third-order valence-corrected chi connectivity index (χ3v) is 3.96. The lowest BCUT2D eigenvalue weighted by molar-refractivity contribution is -0.148. The van der Waals surface area contributed by atoms with Gasteiger partial charge in [0.1, 0.15) is 5.60 Å². The summed E-state index contributed by atoms with van der Waals surface area (Å²) < 4.78 is 27.1. The Balaban J connectivity index is 1.31. The van der Waals surface area contributed by atoms with Crippen molar-refractivity contribution in [2.45, 2.75) is 32.5 Å². The quantitative estimate of drug-likeness (QED) is 0.611. The van der Waals surface area contributed by atoms with Gasteiger partial charge in [-0.25, -0.2) is 4.79 Å². The predicted molar refractivity (Wildman–Crippen MR) is 92.1 cm³/mol. The molecule has 140 valence electrons. The standard InChI is InChI=1S/C19H18N2O6/c1-19(2)9-12-5-3-6-13(17(12)27-19)24-11-16(22)25-10-15-20-21-18(26-15)14-7-4-8-23-14/h3-8H,9-11H2,1-2H3. The fourth-order valence-electron chi connectivity index (χ4n) is 2.83.